The number of hydrogen-bond donors (Lipinski definition) is 2. The molecule has 0 aromatic rings. The molecular weight excluding hydrogens is 615 g/mol. The Morgan fingerprint density at radius 1 is 0.532 bits per heavy atom. The van der Waals surface area contributed by atoms with Gasteiger partial charge in [-0.1, -0.05) is 134 Å². The Morgan fingerprint density at radius 2 is 0.894 bits per heavy atom. The molecule has 0 aromatic carbocycles. The molecular formula is C38H71O8P. The van der Waals surface area contributed by atoms with Crippen LogP contribution in [0.5, 0.6) is 0 Å². The molecule has 0 bridgehead atoms. The lowest BCUT2D eigenvalue weighted by Crippen LogP contribution is -2.29. The molecule has 2 N–H and O–H groups in total. The summed E-state index contributed by atoms with van der Waals surface area (Å²) in [5, 5.41) is 0. The van der Waals surface area contributed by atoms with E-state index >= 15 is 0 Å². The van der Waals surface area contributed by atoms with Gasteiger partial charge in [-0.05, 0) is 64.2 Å². The van der Waals surface area contributed by atoms with Gasteiger partial charge in [-0.25, -0.2) is 4.57 Å². The second kappa shape index (κ2) is 34.4. The van der Waals surface area contributed by atoms with Gasteiger partial charge in [0.05, 0.1) is 6.61 Å². The smallest absolute Gasteiger partial charge is 0.462 e. The van der Waals surface area contributed by atoms with Gasteiger partial charge in [0, 0.05) is 12.8 Å². The van der Waals surface area contributed by atoms with Gasteiger partial charge in [0.1, 0.15) is 6.61 Å². The topological polar surface area (TPSA) is 119 Å². The number of hydrogen-bond acceptors (Lipinski definition) is 6. The summed E-state index contributed by atoms with van der Waals surface area (Å²) in [5.74, 6) is -0.897. The molecule has 9 heteroatoms. The second-order valence-corrected chi connectivity index (χ2v) is 14.1. The van der Waals surface area contributed by atoms with Gasteiger partial charge in [-0.2, -0.15) is 0 Å². The summed E-state index contributed by atoms with van der Waals surface area (Å²) in [6.45, 7) is 3.65. The van der Waals surface area contributed by atoms with E-state index in [9.17, 15) is 14.2 Å². The van der Waals surface area contributed by atoms with Crippen molar-refractivity contribution in [3.8, 4) is 0 Å². The summed E-state index contributed by atoms with van der Waals surface area (Å²) in [6, 6.07) is 0. The van der Waals surface area contributed by atoms with Crippen molar-refractivity contribution in [2.24, 2.45) is 0 Å². The first-order valence-corrected chi connectivity index (χ1v) is 20.7. The Balaban J connectivity index is 3.97. The first-order chi connectivity index (χ1) is 22.8. The third-order valence-electron chi connectivity index (χ3n) is 8.19. The molecule has 0 amide bonds. The van der Waals surface area contributed by atoms with Crippen LogP contribution in [0.25, 0.3) is 0 Å². The van der Waals surface area contributed by atoms with E-state index in [1.54, 1.807) is 0 Å². The molecule has 0 radical (unpaired) electrons. The Morgan fingerprint density at radius 3 is 1.32 bits per heavy atom. The fourth-order valence-corrected chi connectivity index (χ4v) is 5.66. The summed E-state index contributed by atoms with van der Waals surface area (Å²) >= 11 is 0. The van der Waals surface area contributed by atoms with Crippen LogP contribution in [0.2, 0.25) is 0 Å². The molecule has 0 saturated carbocycles. The summed E-state index contributed by atoms with van der Waals surface area (Å²) in [7, 11) is -4.75. The van der Waals surface area contributed by atoms with Crippen LogP contribution in [0.15, 0.2) is 24.3 Å². The molecule has 1 atom stereocenters. The fourth-order valence-electron chi connectivity index (χ4n) is 5.30. The third-order valence-corrected chi connectivity index (χ3v) is 8.68. The Kier molecular flexibility index (Phi) is 33.3. The van der Waals surface area contributed by atoms with E-state index in [0.717, 1.165) is 64.2 Å². The van der Waals surface area contributed by atoms with Crippen LogP contribution >= 0.6 is 7.82 Å². The van der Waals surface area contributed by atoms with E-state index in [1.165, 1.54) is 89.9 Å². The molecule has 0 unspecified atom stereocenters. The number of phosphoric ester groups is 1. The van der Waals surface area contributed by atoms with Gasteiger partial charge in [0.25, 0.3) is 0 Å². The van der Waals surface area contributed by atoms with Crippen LogP contribution in [0.3, 0.4) is 0 Å². The minimum absolute atomic E-state index is 0.202. The third kappa shape index (κ3) is 37.2. The zero-order chi connectivity index (χ0) is 34.7. The second-order valence-electron chi connectivity index (χ2n) is 12.9. The predicted molar refractivity (Wildman–Crippen MR) is 193 cm³/mol. The van der Waals surface area contributed by atoms with E-state index < -0.39 is 32.5 Å². The number of allylic oxidation sites excluding steroid dienone is 4. The lowest BCUT2D eigenvalue weighted by Gasteiger charge is -2.18. The number of phosphoric acid groups is 1. The molecule has 0 rings (SSSR count). The lowest BCUT2D eigenvalue weighted by molar-refractivity contribution is -0.161. The van der Waals surface area contributed by atoms with Crippen molar-refractivity contribution in [3.05, 3.63) is 24.3 Å². The Labute approximate surface area is 288 Å². The number of esters is 2. The van der Waals surface area contributed by atoms with Crippen molar-refractivity contribution in [2.75, 3.05) is 13.2 Å². The SMILES string of the molecule is CCCCCC/C=C/CCCCCCCCCC(=O)OC[C@H](COP(=O)(O)O)OC(=O)CCCCCCC/C=C/CCCCCCC. The van der Waals surface area contributed by atoms with Crippen LogP contribution < -0.4 is 0 Å². The van der Waals surface area contributed by atoms with E-state index in [4.69, 9.17) is 19.3 Å². The largest absolute Gasteiger partial charge is 0.469 e. The fraction of sp³-hybridized carbons (Fsp3) is 0.842. The average Bonchev–Trinajstić information content (AvgIpc) is 3.03. The van der Waals surface area contributed by atoms with Crippen molar-refractivity contribution in [1.29, 1.82) is 0 Å². The highest BCUT2D eigenvalue weighted by Crippen LogP contribution is 2.36. The highest BCUT2D eigenvalue weighted by atomic mass is 31.2. The number of carbonyl (C=O) groups excluding carboxylic acids is 2. The molecule has 47 heavy (non-hydrogen) atoms. The number of ether oxygens (including phenoxy) is 2. The first-order valence-electron chi connectivity index (χ1n) is 19.1. The molecule has 0 saturated heterocycles. The van der Waals surface area contributed by atoms with E-state index in [2.05, 4.69) is 42.7 Å². The van der Waals surface area contributed by atoms with E-state index in [0.29, 0.717) is 6.42 Å². The summed E-state index contributed by atoms with van der Waals surface area (Å²) in [4.78, 5) is 42.7. The maximum atomic E-state index is 12.3. The Hall–Kier alpha value is -1.47. The van der Waals surface area contributed by atoms with Gasteiger partial charge in [0.2, 0.25) is 0 Å². The van der Waals surface area contributed by atoms with Crippen LogP contribution in [-0.4, -0.2) is 41.0 Å². The molecule has 0 spiro atoms. The number of carbonyl (C=O) groups is 2. The Bertz CT molecular complexity index is 823. The summed E-state index contributed by atoms with van der Waals surface area (Å²) < 4.78 is 26.3. The number of rotatable bonds is 35. The molecule has 8 nitrogen and oxygen atoms in total. The van der Waals surface area contributed by atoms with Gasteiger partial charge < -0.3 is 19.3 Å². The lowest BCUT2D eigenvalue weighted by atomic mass is 10.1. The van der Waals surface area contributed by atoms with Gasteiger partial charge in [0.15, 0.2) is 6.10 Å². The predicted octanol–water partition coefficient (Wildman–Crippen LogP) is 11.2. The highest BCUT2D eigenvalue weighted by Gasteiger charge is 2.22. The molecule has 0 aromatic heterocycles. The van der Waals surface area contributed by atoms with Crippen LogP contribution in [-0.2, 0) is 28.2 Å². The zero-order valence-corrected chi connectivity index (χ0v) is 31.1. The van der Waals surface area contributed by atoms with Gasteiger partial charge >= 0.3 is 19.8 Å². The zero-order valence-electron chi connectivity index (χ0n) is 30.2. The molecule has 276 valence electrons. The van der Waals surface area contributed by atoms with Crippen molar-refractivity contribution >= 4 is 19.8 Å². The minimum Gasteiger partial charge on any atom is -0.462 e. The molecule has 0 aliphatic carbocycles. The average molecular weight is 687 g/mol. The van der Waals surface area contributed by atoms with Crippen LogP contribution in [0.1, 0.15) is 187 Å². The van der Waals surface area contributed by atoms with Gasteiger partial charge in [-0.3, -0.25) is 14.1 Å². The minimum atomic E-state index is -4.75. The van der Waals surface area contributed by atoms with Crippen molar-refractivity contribution in [2.45, 2.75) is 193 Å². The standard InChI is InChI=1S/C38H71O8P/c1-3-5-7-9-11-13-15-17-19-21-22-24-26-28-30-32-37(39)44-34-36(35-45-47(41,42)43)46-38(40)33-31-29-27-25-23-20-18-16-14-12-10-8-6-4-2/h13,15-16,18,36H,3-12,14,17,19-35H2,1-2H3,(H2,41,42,43)/b15-13+,18-16+/t36-/m1/s1. The van der Waals surface area contributed by atoms with E-state index in [-0.39, 0.29) is 19.4 Å². The molecule has 0 fully saturated rings. The van der Waals surface area contributed by atoms with Gasteiger partial charge in [-0.15, -0.1) is 0 Å². The molecule has 0 aliphatic heterocycles. The molecule has 0 heterocycles. The van der Waals surface area contributed by atoms with Crippen LogP contribution in [0.4, 0.5) is 0 Å². The quantitative estimate of drug-likeness (QED) is 0.0292. The molecule has 0 aliphatic rings. The normalized spacial score (nSPS) is 12.7. The summed E-state index contributed by atoms with van der Waals surface area (Å²) in [6.07, 6.45) is 37.5. The highest BCUT2D eigenvalue weighted by molar-refractivity contribution is 7.46. The van der Waals surface area contributed by atoms with E-state index in [1.807, 2.05) is 0 Å². The monoisotopic (exact) mass is 686 g/mol. The maximum Gasteiger partial charge on any atom is 0.469 e. The van der Waals surface area contributed by atoms with Crippen molar-refractivity contribution in [1.82, 2.24) is 0 Å². The van der Waals surface area contributed by atoms with Crippen molar-refractivity contribution < 1.29 is 37.9 Å². The van der Waals surface area contributed by atoms with Crippen LogP contribution in [0, 0.1) is 0 Å². The summed E-state index contributed by atoms with van der Waals surface area (Å²) in [5.41, 5.74) is 0. The first kappa shape index (κ1) is 45.5. The maximum absolute atomic E-state index is 12.3. The number of unbranched alkanes of at least 4 members (excludes halogenated alkanes) is 21. The van der Waals surface area contributed by atoms with Crippen molar-refractivity contribution in [3.63, 3.8) is 0 Å².